The molecule has 0 saturated heterocycles. The standard InChI is InChI=1S/C10H21NO/c1-5-6-7-8-10(3,11-4)9(2)12/h5,9,11-12H,1,6-8H2,2-4H3/t9-,10?/m0/s1. The van der Waals surface area contributed by atoms with Crippen molar-refractivity contribution in [2.75, 3.05) is 7.05 Å². The second kappa shape index (κ2) is 5.33. The van der Waals surface area contributed by atoms with Crippen molar-refractivity contribution in [3.05, 3.63) is 12.7 Å². The van der Waals surface area contributed by atoms with Crippen molar-refractivity contribution < 1.29 is 5.11 Å². The van der Waals surface area contributed by atoms with Gasteiger partial charge in [0.15, 0.2) is 0 Å². The highest BCUT2D eigenvalue weighted by Crippen LogP contribution is 2.17. The Hall–Kier alpha value is -0.340. The first kappa shape index (κ1) is 11.7. The van der Waals surface area contributed by atoms with Crippen LogP contribution in [0.3, 0.4) is 0 Å². The van der Waals surface area contributed by atoms with E-state index in [2.05, 4.69) is 11.9 Å². The summed E-state index contributed by atoms with van der Waals surface area (Å²) in [7, 11) is 1.89. The van der Waals surface area contributed by atoms with Crippen LogP contribution in [0.4, 0.5) is 0 Å². The van der Waals surface area contributed by atoms with Crippen LogP contribution < -0.4 is 5.32 Å². The molecule has 12 heavy (non-hydrogen) atoms. The molecule has 0 aromatic carbocycles. The van der Waals surface area contributed by atoms with Gasteiger partial charge in [-0.15, -0.1) is 6.58 Å². The Kier molecular flexibility index (Phi) is 5.18. The lowest BCUT2D eigenvalue weighted by molar-refractivity contribution is 0.0834. The molecule has 1 unspecified atom stereocenters. The average molecular weight is 171 g/mol. The van der Waals surface area contributed by atoms with Crippen molar-refractivity contribution >= 4 is 0 Å². The minimum absolute atomic E-state index is 0.150. The first-order valence-electron chi connectivity index (χ1n) is 4.54. The van der Waals surface area contributed by atoms with E-state index in [1.807, 2.05) is 27.0 Å². The Morgan fingerprint density at radius 2 is 2.25 bits per heavy atom. The minimum atomic E-state index is -0.313. The highest BCUT2D eigenvalue weighted by Gasteiger charge is 2.26. The SMILES string of the molecule is C=CCCCC(C)(NC)[C@H](C)O. The highest BCUT2D eigenvalue weighted by molar-refractivity contribution is 4.87. The molecular weight excluding hydrogens is 150 g/mol. The van der Waals surface area contributed by atoms with E-state index >= 15 is 0 Å². The predicted molar refractivity (Wildman–Crippen MR) is 53.2 cm³/mol. The summed E-state index contributed by atoms with van der Waals surface area (Å²) in [6.45, 7) is 7.53. The summed E-state index contributed by atoms with van der Waals surface area (Å²) in [6, 6.07) is 0. The smallest absolute Gasteiger partial charge is 0.0690 e. The first-order valence-corrected chi connectivity index (χ1v) is 4.54. The molecule has 0 aliphatic rings. The number of likely N-dealkylation sites (N-methyl/N-ethyl adjacent to an activating group) is 1. The van der Waals surface area contributed by atoms with Crippen molar-refractivity contribution in [2.24, 2.45) is 0 Å². The van der Waals surface area contributed by atoms with Gasteiger partial charge in [0, 0.05) is 5.54 Å². The number of nitrogens with one attached hydrogen (secondary N) is 1. The number of hydrogen-bond acceptors (Lipinski definition) is 2. The quantitative estimate of drug-likeness (QED) is 0.471. The van der Waals surface area contributed by atoms with Gasteiger partial charge in [-0.3, -0.25) is 0 Å². The Bertz CT molecular complexity index is 134. The van der Waals surface area contributed by atoms with Crippen LogP contribution in [0.1, 0.15) is 33.1 Å². The summed E-state index contributed by atoms with van der Waals surface area (Å²) in [5, 5.41) is 12.6. The van der Waals surface area contributed by atoms with Gasteiger partial charge in [0.05, 0.1) is 6.10 Å². The number of aliphatic hydroxyl groups excluding tert-OH is 1. The molecule has 0 aromatic rings. The summed E-state index contributed by atoms with van der Waals surface area (Å²) in [4.78, 5) is 0. The van der Waals surface area contributed by atoms with Crippen molar-refractivity contribution in [3.63, 3.8) is 0 Å². The molecule has 0 aliphatic heterocycles. The fourth-order valence-corrected chi connectivity index (χ4v) is 1.16. The van der Waals surface area contributed by atoms with Crippen LogP contribution >= 0.6 is 0 Å². The zero-order valence-corrected chi connectivity index (χ0v) is 8.43. The molecule has 0 aromatic heterocycles. The van der Waals surface area contributed by atoms with E-state index in [1.165, 1.54) is 0 Å². The Morgan fingerprint density at radius 3 is 2.58 bits per heavy atom. The summed E-state index contributed by atoms with van der Waals surface area (Å²) in [6.07, 6.45) is 4.67. The number of unbranched alkanes of at least 4 members (excludes halogenated alkanes) is 1. The fourth-order valence-electron chi connectivity index (χ4n) is 1.16. The molecule has 0 saturated carbocycles. The monoisotopic (exact) mass is 171 g/mol. The molecule has 0 fully saturated rings. The summed E-state index contributed by atoms with van der Waals surface area (Å²) < 4.78 is 0. The molecule has 2 N–H and O–H groups in total. The summed E-state index contributed by atoms with van der Waals surface area (Å²) >= 11 is 0. The maximum atomic E-state index is 9.48. The van der Waals surface area contributed by atoms with Crippen molar-refractivity contribution in [2.45, 2.75) is 44.8 Å². The second-order valence-corrected chi connectivity index (χ2v) is 3.52. The van der Waals surface area contributed by atoms with Gasteiger partial charge >= 0.3 is 0 Å². The third-order valence-electron chi connectivity index (χ3n) is 2.60. The van der Waals surface area contributed by atoms with Gasteiger partial charge in [0.1, 0.15) is 0 Å². The van der Waals surface area contributed by atoms with Crippen LogP contribution in [0.25, 0.3) is 0 Å². The van der Waals surface area contributed by atoms with E-state index in [4.69, 9.17) is 0 Å². The molecule has 2 atom stereocenters. The molecule has 0 radical (unpaired) electrons. The van der Waals surface area contributed by atoms with Crippen molar-refractivity contribution in [3.8, 4) is 0 Å². The topological polar surface area (TPSA) is 32.3 Å². The lowest BCUT2D eigenvalue weighted by atomic mass is 9.90. The third-order valence-corrected chi connectivity index (χ3v) is 2.60. The molecule has 0 amide bonds. The average Bonchev–Trinajstić information content (AvgIpc) is 2.04. The first-order chi connectivity index (χ1) is 5.56. The lowest BCUT2D eigenvalue weighted by Gasteiger charge is -2.32. The van der Waals surface area contributed by atoms with Crippen LogP contribution in [-0.4, -0.2) is 23.8 Å². The zero-order valence-electron chi connectivity index (χ0n) is 8.43. The molecule has 2 nitrogen and oxygen atoms in total. The predicted octanol–water partition coefficient (Wildman–Crippen LogP) is 1.70. The van der Waals surface area contributed by atoms with Crippen LogP contribution in [0.5, 0.6) is 0 Å². The highest BCUT2D eigenvalue weighted by atomic mass is 16.3. The van der Waals surface area contributed by atoms with E-state index in [-0.39, 0.29) is 11.6 Å². The van der Waals surface area contributed by atoms with Gasteiger partial charge < -0.3 is 10.4 Å². The second-order valence-electron chi connectivity index (χ2n) is 3.52. The van der Waals surface area contributed by atoms with E-state index < -0.39 is 0 Å². The fraction of sp³-hybridized carbons (Fsp3) is 0.800. The lowest BCUT2D eigenvalue weighted by Crippen LogP contribution is -2.48. The number of rotatable bonds is 6. The molecule has 0 spiro atoms. The van der Waals surface area contributed by atoms with Crippen LogP contribution in [0, 0.1) is 0 Å². The van der Waals surface area contributed by atoms with Crippen molar-refractivity contribution in [1.29, 1.82) is 0 Å². The van der Waals surface area contributed by atoms with E-state index in [9.17, 15) is 5.11 Å². The number of aliphatic hydroxyl groups is 1. The zero-order chi connectivity index (χ0) is 9.61. The van der Waals surface area contributed by atoms with E-state index in [0.29, 0.717) is 0 Å². The third kappa shape index (κ3) is 3.37. The molecule has 0 bridgehead atoms. The Morgan fingerprint density at radius 1 is 1.67 bits per heavy atom. The van der Waals surface area contributed by atoms with Gasteiger partial charge in [0.25, 0.3) is 0 Å². The number of hydrogen-bond donors (Lipinski definition) is 2. The van der Waals surface area contributed by atoms with Gasteiger partial charge in [-0.2, -0.15) is 0 Å². The summed E-state index contributed by atoms with van der Waals surface area (Å²) in [5.74, 6) is 0. The molecule has 0 aliphatic carbocycles. The molecule has 0 rings (SSSR count). The van der Waals surface area contributed by atoms with Gasteiger partial charge in [-0.25, -0.2) is 0 Å². The Balaban J connectivity index is 3.87. The minimum Gasteiger partial charge on any atom is -0.392 e. The van der Waals surface area contributed by atoms with Gasteiger partial charge in [-0.1, -0.05) is 6.08 Å². The number of allylic oxidation sites excluding steroid dienone is 1. The maximum Gasteiger partial charge on any atom is 0.0690 e. The van der Waals surface area contributed by atoms with Crippen molar-refractivity contribution in [1.82, 2.24) is 5.32 Å². The largest absolute Gasteiger partial charge is 0.392 e. The molecule has 2 heteroatoms. The van der Waals surface area contributed by atoms with E-state index in [0.717, 1.165) is 19.3 Å². The van der Waals surface area contributed by atoms with E-state index in [1.54, 1.807) is 0 Å². The van der Waals surface area contributed by atoms with Crippen LogP contribution in [-0.2, 0) is 0 Å². The van der Waals surface area contributed by atoms with Gasteiger partial charge in [-0.05, 0) is 40.2 Å². The van der Waals surface area contributed by atoms with Crippen LogP contribution in [0.2, 0.25) is 0 Å². The van der Waals surface area contributed by atoms with Gasteiger partial charge in [0.2, 0.25) is 0 Å². The van der Waals surface area contributed by atoms with Crippen LogP contribution in [0.15, 0.2) is 12.7 Å². The molecular formula is C10H21NO. The maximum absolute atomic E-state index is 9.48. The summed E-state index contributed by atoms with van der Waals surface area (Å²) in [5.41, 5.74) is -0.150. The normalized spacial score (nSPS) is 18.3. The molecule has 72 valence electrons. The Labute approximate surface area is 75.7 Å². The molecule has 0 heterocycles.